The zero-order valence-electron chi connectivity index (χ0n) is 18.4. The Labute approximate surface area is 195 Å². The summed E-state index contributed by atoms with van der Waals surface area (Å²) in [5.41, 5.74) is 4.26. The minimum atomic E-state index is -3.21. The normalized spacial score (nSPS) is 19.6. The highest BCUT2D eigenvalue weighted by atomic mass is 19.3. The molecule has 4 rings (SSSR count). The number of ether oxygens (including phenoxy) is 1. The van der Waals surface area contributed by atoms with Gasteiger partial charge in [-0.3, -0.25) is 9.59 Å². The molecule has 0 spiro atoms. The molecule has 1 fully saturated rings. The van der Waals surface area contributed by atoms with Crippen molar-refractivity contribution in [2.45, 2.75) is 31.1 Å². The Bertz CT molecular complexity index is 1040. The average Bonchev–Trinajstić information content (AvgIpc) is 3.22. The van der Waals surface area contributed by atoms with Crippen LogP contribution in [0.3, 0.4) is 0 Å². The van der Waals surface area contributed by atoms with E-state index in [1.54, 1.807) is 0 Å². The lowest BCUT2D eigenvalue weighted by molar-refractivity contribution is -0.137. The Balaban J connectivity index is 1.24. The fourth-order valence-corrected chi connectivity index (χ4v) is 4.57. The number of carboxylic acids is 1. The molecule has 2 aromatic rings. The summed E-state index contributed by atoms with van der Waals surface area (Å²) in [4.78, 5) is 34.7. The Morgan fingerprint density at radius 1 is 0.941 bits per heavy atom. The SMILES string of the molecule is O=C(O)CCCCNC(=O)[C@@H]1[C@H](CNC(=O)OCC2c3ccccc3-c3ccccc32)C1(F)F. The van der Waals surface area contributed by atoms with Crippen LogP contribution in [0.4, 0.5) is 13.6 Å². The molecule has 0 unspecified atom stereocenters. The van der Waals surface area contributed by atoms with E-state index in [0.717, 1.165) is 22.3 Å². The lowest BCUT2D eigenvalue weighted by atomic mass is 9.98. The highest BCUT2D eigenvalue weighted by Crippen LogP contribution is 2.55. The van der Waals surface area contributed by atoms with Crippen LogP contribution in [0.1, 0.15) is 36.3 Å². The van der Waals surface area contributed by atoms with Gasteiger partial charge in [0.2, 0.25) is 5.91 Å². The molecule has 2 aliphatic carbocycles. The maximum atomic E-state index is 14.1. The number of halogens is 2. The number of rotatable bonds is 10. The number of nitrogens with one attached hydrogen (secondary N) is 2. The van der Waals surface area contributed by atoms with Crippen molar-refractivity contribution in [1.29, 1.82) is 0 Å². The lowest BCUT2D eigenvalue weighted by Crippen LogP contribution is -2.30. The predicted octanol–water partition coefficient (Wildman–Crippen LogP) is 3.78. The number of benzene rings is 2. The third-order valence-corrected chi connectivity index (χ3v) is 6.41. The maximum absolute atomic E-state index is 14.1. The van der Waals surface area contributed by atoms with Gasteiger partial charge < -0.3 is 20.5 Å². The van der Waals surface area contributed by atoms with Crippen molar-refractivity contribution >= 4 is 18.0 Å². The summed E-state index contributed by atoms with van der Waals surface area (Å²) in [6.07, 6.45) is -0.109. The molecule has 0 radical (unpaired) electrons. The van der Waals surface area contributed by atoms with E-state index in [4.69, 9.17) is 9.84 Å². The van der Waals surface area contributed by atoms with Gasteiger partial charge in [-0.2, -0.15) is 0 Å². The smallest absolute Gasteiger partial charge is 0.407 e. The average molecular weight is 472 g/mol. The summed E-state index contributed by atoms with van der Waals surface area (Å²) >= 11 is 0. The number of carbonyl (C=O) groups is 3. The lowest BCUT2D eigenvalue weighted by Gasteiger charge is -2.14. The van der Waals surface area contributed by atoms with E-state index in [1.807, 2.05) is 48.5 Å². The van der Waals surface area contributed by atoms with Crippen LogP contribution in [0.2, 0.25) is 0 Å². The molecule has 0 aromatic heterocycles. The summed E-state index contributed by atoms with van der Waals surface area (Å²) in [5.74, 6) is -7.89. The van der Waals surface area contributed by atoms with Crippen molar-refractivity contribution in [3.63, 3.8) is 0 Å². The van der Waals surface area contributed by atoms with E-state index in [0.29, 0.717) is 12.8 Å². The van der Waals surface area contributed by atoms with E-state index in [1.165, 1.54) is 0 Å². The molecule has 3 N–H and O–H groups in total. The van der Waals surface area contributed by atoms with E-state index in [-0.39, 0.29) is 32.0 Å². The molecule has 2 amide bonds. The molecule has 34 heavy (non-hydrogen) atoms. The van der Waals surface area contributed by atoms with Gasteiger partial charge in [-0.1, -0.05) is 48.5 Å². The molecule has 0 aliphatic heterocycles. The Hall–Kier alpha value is -3.49. The van der Waals surface area contributed by atoms with Crippen LogP contribution in [-0.2, 0) is 14.3 Å². The van der Waals surface area contributed by atoms with Crippen LogP contribution >= 0.6 is 0 Å². The first-order chi connectivity index (χ1) is 16.3. The van der Waals surface area contributed by atoms with Crippen molar-refractivity contribution in [1.82, 2.24) is 10.6 Å². The highest BCUT2D eigenvalue weighted by molar-refractivity contribution is 5.84. The number of hydrogen-bond acceptors (Lipinski definition) is 4. The van der Waals surface area contributed by atoms with Crippen molar-refractivity contribution < 1.29 is 33.0 Å². The summed E-state index contributed by atoms with van der Waals surface area (Å²) < 4.78 is 33.5. The molecule has 7 nitrogen and oxygen atoms in total. The first-order valence-electron chi connectivity index (χ1n) is 11.3. The molecule has 1 saturated carbocycles. The fraction of sp³-hybridized carbons (Fsp3) is 0.400. The second kappa shape index (κ2) is 9.79. The van der Waals surface area contributed by atoms with Gasteiger partial charge in [0.25, 0.3) is 5.92 Å². The molecular formula is C25H26F2N2O5. The Morgan fingerprint density at radius 2 is 1.56 bits per heavy atom. The van der Waals surface area contributed by atoms with Gasteiger partial charge in [-0.15, -0.1) is 0 Å². The minimum absolute atomic E-state index is 0.0395. The molecule has 0 saturated heterocycles. The molecule has 9 heteroatoms. The molecule has 2 aromatic carbocycles. The van der Waals surface area contributed by atoms with Crippen LogP contribution in [0.25, 0.3) is 11.1 Å². The standard InChI is InChI=1S/C25H26F2N2O5/c26-25(27)20(22(25)23(32)28-12-6-5-11-21(30)31)13-29-24(33)34-14-19-17-9-3-1-7-15(17)16-8-2-4-10-18(16)19/h1-4,7-10,19-20,22H,5-6,11-14H2,(H,28,32)(H,29,33)(H,30,31)/t20-,22-/m0/s1. The maximum Gasteiger partial charge on any atom is 0.407 e. The van der Waals surface area contributed by atoms with Gasteiger partial charge in [-0.25, -0.2) is 13.6 Å². The van der Waals surface area contributed by atoms with E-state index >= 15 is 0 Å². The topological polar surface area (TPSA) is 105 Å². The van der Waals surface area contributed by atoms with Gasteiger partial charge in [0.15, 0.2) is 0 Å². The summed E-state index contributed by atoms with van der Waals surface area (Å²) in [6.45, 7) is -0.173. The number of amides is 2. The summed E-state index contributed by atoms with van der Waals surface area (Å²) in [6, 6.07) is 15.7. The highest BCUT2D eigenvalue weighted by Gasteiger charge is 2.71. The van der Waals surface area contributed by atoms with Crippen LogP contribution in [0, 0.1) is 11.8 Å². The minimum Gasteiger partial charge on any atom is -0.481 e. The summed E-state index contributed by atoms with van der Waals surface area (Å²) in [5, 5.41) is 13.4. The van der Waals surface area contributed by atoms with Crippen molar-refractivity contribution in [3.05, 3.63) is 59.7 Å². The number of fused-ring (bicyclic) bond motifs is 3. The molecule has 0 heterocycles. The van der Waals surface area contributed by atoms with Gasteiger partial charge in [0.05, 0.1) is 5.92 Å². The number of carboxylic acid groups (broad SMARTS) is 1. The zero-order chi connectivity index (χ0) is 24.3. The number of alkyl carbamates (subject to hydrolysis) is 1. The number of hydrogen-bond donors (Lipinski definition) is 3. The summed E-state index contributed by atoms with van der Waals surface area (Å²) in [7, 11) is 0. The second-order valence-corrected chi connectivity index (χ2v) is 8.61. The van der Waals surface area contributed by atoms with Gasteiger partial charge in [-0.05, 0) is 35.1 Å². The Kier molecular flexibility index (Phi) is 6.81. The fourth-order valence-electron chi connectivity index (χ4n) is 4.57. The van der Waals surface area contributed by atoms with Gasteiger partial charge >= 0.3 is 12.1 Å². The van der Waals surface area contributed by atoms with Crippen molar-refractivity contribution in [3.8, 4) is 11.1 Å². The number of alkyl halides is 2. The van der Waals surface area contributed by atoms with E-state index in [2.05, 4.69) is 10.6 Å². The molecule has 2 atom stereocenters. The molecule has 0 bridgehead atoms. The molecular weight excluding hydrogens is 446 g/mol. The number of carbonyl (C=O) groups excluding carboxylic acids is 2. The molecule has 2 aliphatic rings. The van der Waals surface area contributed by atoms with E-state index < -0.39 is 35.7 Å². The van der Waals surface area contributed by atoms with Crippen LogP contribution in [0.15, 0.2) is 48.5 Å². The van der Waals surface area contributed by atoms with E-state index in [9.17, 15) is 23.2 Å². The third-order valence-electron chi connectivity index (χ3n) is 6.41. The Morgan fingerprint density at radius 3 is 2.18 bits per heavy atom. The molecule has 180 valence electrons. The zero-order valence-corrected chi connectivity index (χ0v) is 18.4. The quantitative estimate of drug-likeness (QED) is 0.457. The van der Waals surface area contributed by atoms with Crippen LogP contribution in [0.5, 0.6) is 0 Å². The number of aliphatic carboxylic acids is 1. The van der Waals surface area contributed by atoms with Crippen molar-refractivity contribution in [2.24, 2.45) is 11.8 Å². The second-order valence-electron chi connectivity index (χ2n) is 8.61. The van der Waals surface area contributed by atoms with Gasteiger partial charge in [0.1, 0.15) is 12.5 Å². The van der Waals surface area contributed by atoms with Crippen molar-refractivity contribution in [2.75, 3.05) is 19.7 Å². The van der Waals surface area contributed by atoms with Gasteiger partial charge in [0, 0.05) is 25.4 Å². The largest absolute Gasteiger partial charge is 0.481 e. The third kappa shape index (κ3) is 4.88. The first-order valence-corrected chi connectivity index (χ1v) is 11.3. The van der Waals surface area contributed by atoms with Crippen LogP contribution in [-0.4, -0.2) is 48.7 Å². The number of unbranched alkanes of at least 4 members (excludes halogenated alkanes) is 1. The first kappa shape index (κ1) is 23.7. The monoisotopic (exact) mass is 472 g/mol. The predicted molar refractivity (Wildman–Crippen MR) is 119 cm³/mol. The van der Waals surface area contributed by atoms with Crippen LogP contribution < -0.4 is 10.6 Å².